The number of hydrogen-bond acceptors (Lipinski definition) is 4. The number of nitrogens with two attached hydrogens (primary N) is 1. The van der Waals surface area contributed by atoms with Crippen molar-refractivity contribution in [3.8, 4) is 11.8 Å². The molecule has 100 valence electrons. The van der Waals surface area contributed by atoms with E-state index < -0.39 is 11.7 Å². The molecule has 2 aromatic carbocycles. The second-order valence-corrected chi connectivity index (χ2v) is 4.04. The van der Waals surface area contributed by atoms with Crippen LogP contribution in [-0.4, -0.2) is 11.0 Å². The van der Waals surface area contributed by atoms with E-state index in [0.29, 0.717) is 5.69 Å². The van der Waals surface area contributed by atoms with Gasteiger partial charge >= 0.3 is 0 Å². The molecule has 0 radical (unpaired) electrons. The van der Waals surface area contributed by atoms with Gasteiger partial charge in [-0.1, -0.05) is 0 Å². The Balaban J connectivity index is 2.31. The van der Waals surface area contributed by atoms with Crippen LogP contribution >= 0.6 is 0 Å². The Morgan fingerprint density at radius 1 is 1.30 bits per heavy atom. The molecule has 0 aliphatic rings. The molecular weight excluding hydrogens is 261 g/mol. The largest absolute Gasteiger partial charge is 0.508 e. The van der Waals surface area contributed by atoms with Gasteiger partial charge < -0.3 is 16.2 Å². The number of aromatic hydroxyl groups is 1. The molecule has 0 aliphatic carbocycles. The third-order valence-electron chi connectivity index (χ3n) is 2.61. The Labute approximate surface area is 114 Å². The lowest BCUT2D eigenvalue weighted by atomic mass is 10.1. The Kier molecular flexibility index (Phi) is 3.53. The van der Waals surface area contributed by atoms with E-state index in [1.54, 1.807) is 0 Å². The lowest BCUT2D eigenvalue weighted by Gasteiger charge is -2.08. The van der Waals surface area contributed by atoms with Crippen molar-refractivity contribution in [2.24, 2.45) is 0 Å². The molecule has 0 aromatic heterocycles. The minimum Gasteiger partial charge on any atom is -0.508 e. The number of carbonyl (C=O) groups is 1. The number of phenols is 1. The van der Waals surface area contributed by atoms with E-state index in [9.17, 15) is 9.18 Å². The Morgan fingerprint density at radius 2 is 2.05 bits per heavy atom. The zero-order chi connectivity index (χ0) is 14.7. The standard InChI is InChI=1S/C14H10FN3O2/c15-12-6-10(19)2-3-11(12)14(20)18-13-4-1-9(17)5-8(13)7-16/h1-6,19H,17H2,(H,18,20). The molecule has 2 rings (SSSR count). The predicted molar refractivity (Wildman–Crippen MR) is 71.6 cm³/mol. The number of amides is 1. The fourth-order valence-corrected chi connectivity index (χ4v) is 1.64. The fourth-order valence-electron chi connectivity index (χ4n) is 1.64. The molecule has 6 heteroatoms. The Bertz CT molecular complexity index is 723. The van der Waals surface area contributed by atoms with E-state index in [0.717, 1.165) is 12.1 Å². The number of nitriles is 1. The van der Waals surface area contributed by atoms with Crippen molar-refractivity contribution < 1.29 is 14.3 Å². The normalized spacial score (nSPS) is 9.80. The summed E-state index contributed by atoms with van der Waals surface area (Å²) in [5.41, 5.74) is 6.10. The van der Waals surface area contributed by atoms with Gasteiger partial charge in [-0.2, -0.15) is 5.26 Å². The van der Waals surface area contributed by atoms with E-state index in [2.05, 4.69) is 5.32 Å². The number of phenolic OH excluding ortho intramolecular Hbond substituents is 1. The zero-order valence-corrected chi connectivity index (χ0v) is 10.2. The van der Waals surface area contributed by atoms with Gasteiger partial charge in [-0.3, -0.25) is 4.79 Å². The second-order valence-electron chi connectivity index (χ2n) is 4.04. The van der Waals surface area contributed by atoms with Crippen LogP contribution in [0.4, 0.5) is 15.8 Å². The smallest absolute Gasteiger partial charge is 0.258 e. The summed E-state index contributed by atoms with van der Waals surface area (Å²) in [5.74, 6) is -1.84. The SMILES string of the molecule is N#Cc1cc(N)ccc1NC(=O)c1ccc(O)cc1F. The third kappa shape index (κ3) is 2.67. The summed E-state index contributed by atoms with van der Waals surface area (Å²) in [6.07, 6.45) is 0. The maximum absolute atomic E-state index is 13.5. The molecule has 0 saturated carbocycles. The molecule has 20 heavy (non-hydrogen) atoms. The molecule has 0 unspecified atom stereocenters. The zero-order valence-electron chi connectivity index (χ0n) is 10.2. The first kappa shape index (κ1) is 13.4. The minimum atomic E-state index is -0.851. The fraction of sp³-hybridized carbons (Fsp3) is 0. The first-order valence-electron chi connectivity index (χ1n) is 5.61. The van der Waals surface area contributed by atoms with E-state index in [1.165, 1.54) is 24.3 Å². The molecule has 0 aliphatic heterocycles. The van der Waals surface area contributed by atoms with Crippen molar-refractivity contribution in [3.63, 3.8) is 0 Å². The summed E-state index contributed by atoms with van der Waals surface area (Å²) in [4.78, 5) is 11.9. The summed E-state index contributed by atoms with van der Waals surface area (Å²) in [6.45, 7) is 0. The van der Waals surface area contributed by atoms with Crippen LogP contribution < -0.4 is 11.1 Å². The van der Waals surface area contributed by atoms with E-state index >= 15 is 0 Å². The summed E-state index contributed by atoms with van der Waals surface area (Å²) in [5, 5.41) is 20.5. The summed E-state index contributed by atoms with van der Waals surface area (Å²) < 4.78 is 13.5. The monoisotopic (exact) mass is 271 g/mol. The molecular formula is C14H10FN3O2. The average Bonchev–Trinajstić information content (AvgIpc) is 2.40. The van der Waals surface area contributed by atoms with Gasteiger partial charge in [0.15, 0.2) is 0 Å². The highest BCUT2D eigenvalue weighted by Gasteiger charge is 2.14. The molecule has 0 atom stereocenters. The van der Waals surface area contributed by atoms with Crippen LogP contribution in [0.3, 0.4) is 0 Å². The number of hydrogen-bond donors (Lipinski definition) is 3. The van der Waals surface area contributed by atoms with Crippen LogP contribution in [0.1, 0.15) is 15.9 Å². The van der Waals surface area contributed by atoms with Crippen molar-refractivity contribution in [1.29, 1.82) is 5.26 Å². The van der Waals surface area contributed by atoms with Gasteiger partial charge in [0.25, 0.3) is 5.91 Å². The van der Waals surface area contributed by atoms with Crippen LogP contribution in [0.5, 0.6) is 5.75 Å². The number of nitrogens with zero attached hydrogens (tertiary/aromatic N) is 1. The van der Waals surface area contributed by atoms with E-state index in [1.807, 2.05) is 6.07 Å². The minimum absolute atomic E-state index is 0.178. The maximum atomic E-state index is 13.5. The molecule has 1 amide bonds. The van der Waals surface area contributed by atoms with Gasteiger partial charge in [-0.05, 0) is 30.3 Å². The lowest BCUT2D eigenvalue weighted by molar-refractivity contribution is 0.102. The average molecular weight is 271 g/mol. The van der Waals surface area contributed by atoms with E-state index in [-0.39, 0.29) is 22.6 Å². The van der Waals surface area contributed by atoms with Gasteiger partial charge in [0.05, 0.1) is 16.8 Å². The van der Waals surface area contributed by atoms with Gasteiger partial charge in [0.2, 0.25) is 0 Å². The highest BCUT2D eigenvalue weighted by atomic mass is 19.1. The van der Waals surface area contributed by atoms with Crippen LogP contribution in [0.15, 0.2) is 36.4 Å². The van der Waals surface area contributed by atoms with Gasteiger partial charge in [-0.25, -0.2) is 4.39 Å². The quantitative estimate of drug-likeness (QED) is 0.729. The van der Waals surface area contributed by atoms with Crippen LogP contribution in [0, 0.1) is 17.1 Å². The molecule has 5 nitrogen and oxygen atoms in total. The maximum Gasteiger partial charge on any atom is 0.258 e. The van der Waals surface area contributed by atoms with Crippen molar-refractivity contribution in [2.75, 3.05) is 11.1 Å². The van der Waals surface area contributed by atoms with Gasteiger partial charge in [-0.15, -0.1) is 0 Å². The van der Waals surface area contributed by atoms with Crippen LogP contribution in [0.25, 0.3) is 0 Å². The number of anilines is 2. The number of carbonyl (C=O) groups excluding carboxylic acids is 1. The summed E-state index contributed by atoms with van der Waals surface area (Å²) in [7, 11) is 0. The molecule has 4 N–H and O–H groups in total. The van der Waals surface area contributed by atoms with Gasteiger partial charge in [0.1, 0.15) is 17.6 Å². The third-order valence-corrected chi connectivity index (χ3v) is 2.61. The molecule has 0 spiro atoms. The van der Waals surface area contributed by atoms with Gasteiger partial charge in [0, 0.05) is 11.8 Å². The van der Waals surface area contributed by atoms with Crippen molar-refractivity contribution in [1.82, 2.24) is 0 Å². The van der Waals surface area contributed by atoms with Crippen molar-refractivity contribution in [3.05, 3.63) is 53.3 Å². The number of nitrogen functional groups attached to an aromatic ring is 1. The number of halogens is 1. The van der Waals surface area contributed by atoms with Crippen molar-refractivity contribution >= 4 is 17.3 Å². The molecule has 0 heterocycles. The number of rotatable bonds is 2. The Hall–Kier alpha value is -3.07. The molecule has 2 aromatic rings. The summed E-state index contributed by atoms with van der Waals surface area (Å²) in [6, 6.07) is 9.47. The first-order valence-corrected chi connectivity index (χ1v) is 5.61. The number of benzene rings is 2. The second kappa shape index (κ2) is 5.28. The molecule has 0 fully saturated rings. The van der Waals surface area contributed by atoms with Crippen molar-refractivity contribution in [2.45, 2.75) is 0 Å². The first-order chi connectivity index (χ1) is 9.51. The lowest BCUT2D eigenvalue weighted by Crippen LogP contribution is -2.14. The number of nitrogens with one attached hydrogen (secondary N) is 1. The van der Waals surface area contributed by atoms with Crippen LogP contribution in [-0.2, 0) is 0 Å². The Morgan fingerprint density at radius 3 is 2.70 bits per heavy atom. The highest BCUT2D eigenvalue weighted by molar-refractivity contribution is 6.05. The highest BCUT2D eigenvalue weighted by Crippen LogP contribution is 2.20. The molecule has 0 bridgehead atoms. The van der Waals surface area contributed by atoms with E-state index in [4.69, 9.17) is 16.1 Å². The predicted octanol–water partition coefficient (Wildman–Crippen LogP) is 2.24. The topological polar surface area (TPSA) is 99.1 Å². The molecule has 0 saturated heterocycles. The summed E-state index contributed by atoms with van der Waals surface area (Å²) >= 11 is 0. The van der Waals surface area contributed by atoms with Crippen LogP contribution in [0.2, 0.25) is 0 Å².